The Morgan fingerprint density at radius 3 is 2.67 bits per heavy atom. The van der Waals surface area contributed by atoms with Crippen LogP contribution in [-0.4, -0.2) is 50.7 Å². The van der Waals surface area contributed by atoms with Crippen LogP contribution in [0.1, 0.15) is 12.6 Å². The first-order chi connectivity index (χ1) is 11.8. The van der Waals surface area contributed by atoms with E-state index in [1.165, 1.54) is 6.33 Å². The Hall–Kier alpha value is -2.77. The smallest absolute Gasteiger partial charge is 0.187 e. The van der Waals surface area contributed by atoms with Gasteiger partial charge in [0.2, 0.25) is 0 Å². The number of hydrogen-bond donors (Lipinski definition) is 0. The van der Waals surface area contributed by atoms with Gasteiger partial charge in [0.25, 0.3) is 0 Å². The zero-order valence-corrected chi connectivity index (χ0v) is 13.4. The Morgan fingerprint density at radius 2 is 1.88 bits per heavy atom. The van der Waals surface area contributed by atoms with E-state index in [9.17, 15) is 4.39 Å². The molecule has 24 heavy (non-hydrogen) atoms. The van der Waals surface area contributed by atoms with Gasteiger partial charge in [-0.2, -0.15) is 0 Å². The minimum Gasteiger partial charge on any atom is -0.354 e. The first-order valence-electron chi connectivity index (χ1n) is 8.06. The second-order valence-corrected chi connectivity index (χ2v) is 5.73. The maximum absolute atomic E-state index is 14.4. The summed E-state index contributed by atoms with van der Waals surface area (Å²) in [5.74, 6) is 1.16. The van der Waals surface area contributed by atoms with Gasteiger partial charge in [0.05, 0.1) is 5.69 Å². The van der Waals surface area contributed by atoms with E-state index in [0.717, 1.165) is 24.6 Å². The van der Waals surface area contributed by atoms with Crippen LogP contribution in [0.4, 0.5) is 16.0 Å². The van der Waals surface area contributed by atoms with E-state index in [2.05, 4.69) is 25.1 Å². The number of fused-ring (bicyclic) bond motifs is 1. The summed E-state index contributed by atoms with van der Waals surface area (Å²) in [6, 6.07) is 5.95. The van der Waals surface area contributed by atoms with Gasteiger partial charge in [0.1, 0.15) is 18.5 Å². The molecule has 8 heteroatoms. The van der Waals surface area contributed by atoms with Crippen molar-refractivity contribution in [2.75, 3.05) is 36.0 Å². The Bertz CT molecular complexity index is 855. The molecule has 0 radical (unpaired) electrons. The summed E-state index contributed by atoms with van der Waals surface area (Å²) in [5, 5.41) is 8.04. The van der Waals surface area contributed by atoms with Gasteiger partial charge in [-0.1, -0.05) is 13.0 Å². The van der Waals surface area contributed by atoms with Crippen LogP contribution in [0.3, 0.4) is 0 Å². The molecular weight excluding hydrogens is 309 g/mol. The first-order valence-corrected chi connectivity index (χ1v) is 8.06. The molecule has 0 atom stereocenters. The second-order valence-electron chi connectivity index (χ2n) is 5.73. The normalized spacial score (nSPS) is 15.2. The summed E-state index contributed by atoms with van der Waals surface area (Å²) in [5.41, 5.74) is 1.29. The Balaban J connectivity index is 1.54. The van der Waals surface area contributed by atoms with E-state index >= 15 is 0 Å². The standard InChI is InChI=1S/C16H18FN7/c1-2-12-15(17)16(19-10-18-12)23-8-6-22(7-9-23)14-5-3-4-13-21-20-11-24(13)14/h3-5,10-11H,2,6-9H2,1H3. The number of aromatic nitrogens is 5. The van der Waals surface area contributed by atoms with Crippen LogP contribution in [-0.2, 0) is 6.42 Å². The molecule has 0 N–H and O–H groups in total. The van der Waals surface area contributed by atoms with Gasteiger partial charge in [0, 0.05) is 26.2 Å². The Labute approximate surface area is 138 Å². The molecule has 1 aliphatic rings. The van der Waals surface area contributed by atoms with E-state index in [0.29, 0.717) is 31.0 Å². The summed E-state index contributed by atoms with van der Waals surface area (Å²) >= 11 is 0. The average Bonchev–Trinajstić information content (AvgIpc) is 3.11. The van der Waals surface area contributed by atoms with Crippen molar-refractivity contribution < 1.29 is 4.39 Å². The SMILES string of the molecule is CCc1ncnc(N2CCN(c3cccc4nncn34)CC2)c1F. The van der Waals surface area contributed by atoms with Crippen molar-refractivity contribution >= 4 is 17.3 Å². The molecule has 1 fully saturated rings. The minimum absolute atomic E-state index is 0.297. The van der Waals surface area contributed by atoms with Crippen LogP contribution in [0.25, 0.3) is 5.65 Å². The number of hydrogen-bond acceptors (Lipinski definition) is 6. The minimum atomic E-state index is -0.297. The molecule has 0 amide bonds. The molecule has 3 aromatic rings. The predicted octanol–water partition coefficient (Wildman–Crippen LogP) is 1.55. The van der Waals surface area contributed by atoms with Gasteiger partial charge < -0.3 is 9.80 Å². The van der Waals surface area contributed by atoms with E-state index in [4.69, 9.17) is 0 Å². The highest BCUT2D eigenvalue weighted by Crippen LogP contribution is 2.22. The van der Waals surface area contributed by atoms with Crippen molar-refractivity contribution in [3.05, 3.63) is 42.4 Å². The van der Waals surface area contributed by atoms with Crippen molar-refractivity contribution in [1.29, 1.82) is 0 Å². The van der Waals surface area contributed by atoms with E-state index in [1.54, 1.807) is 6.33 Å². The quantitative estimate of drug-likeness (QED) is 0.727. The third kappa shape index (κ3) is 2.44. The summed E-state index contributed by atoms with van der Waals surface area (Å²) in [6.07, 6.45) is 3.73. The number of pyridine rings is 1. The molecule has 4 rings (SSSR count). The third-order valence-electron chi connectivity index (χ3n) is 4.39. The monoisotopic (exact) mass is 327 g/mol. The van der Waals surface area contributed by atoms with E-state index < -0.39 is 0 Å². The zero-order chi connectivity index (χ0) is 16.5. The van der Waals surface area contributed by atoms with Crippen molar-refractivity contribution in [3.63, 3.8) is 0 Å². The number of piperazine rings is 1. The number of nitrogens with zero attached hydrogens (tertiary/aromatic N) is 7. The highest BCUT2D eigenvalue weighted by atomic mass is 19.1. The largest absolute Gasteiger partial charge is 0.354 e. The molecule has 7 nitrogen and oxygen atoms in total. The molecule has 0 saturated carbocycles. The average molecular weight is 327 g/mol. The van der Waals surface area contributed by atoms with Crippen LogP contribution >= 0.6 is 0 Å². The zero-order valence-electron chi connectivity index (χ0n) is 13.4. The van der Waals surface area contributed by atoms with Crippen LogP contribution in [0.2, 0.25) is 0 Å². The van der Waals surface area contributed by atoms with Crippen molar-refractivity contribution in [3.8, 4) is 0 Å². The fourth-order valence-corrected chi connectivity index (χ4v) is 3.10. The molecule has 0 spiro atoms. The van der Waals surface area contributed by atoms with Crippen molar-refractivity contribution in [1.82, 2.24) is 24.6 Å². The highest BCUT2D eigenvalue weighted by Gasteiger charge is 2.23. The van der Waals surface area contributed by atoms with Gasteiger partial charge in [-0.25, -0.2) is 14.4 Å². The fraction of sp³-hybridized carbons (Fsp3) is 0.375. The molecule has 1 saturated heterocycles. The summed E-state index contributed by atoms with van der Waals surface area (Å²) in [6.45, 7) is 4.86. The number of rotatable bonds is 3. The van der Waals surface area contributed by atoms with Crippen LogP contribution in [0, 0.1) is 5.82 Å². The number of halogens is 1. The molecule has 3 aromatic heterocycles. The number of anilines is 2. The molecule has 1 aliphatic heterocycles. The Morgan fingerprint density at radius 1 is 1.08 bits per heavy atom. The topological polar surface area (TPSA) is 62.5 Å². The van der Waals surface area contributed by atoms with Gasteiger partial charge in [0.15, 0.2) is 17.3 Å². The highest BCUT2D eigenvalue weighted by molar-refractivity contribution is 5.52. The molecule has 4 heterocycles. The molecule has 0 bridgehead atoms. The molecule has 0 aromatic carbocycles. The molecule has 0 aliphatic carbocycles. The summed E-state index contributed by atoms with van der Waals surface area (Å²) in [4.78, 5) is 12.4. The van der Waals surface area contributed by atoms with E-state index in [1.807, 2.05) is 34.4 Å². The maximum Gasteiger partial charge on any atom is 0.187 e. The lowest BCUT2D eigenvalue weighted by molar-refractivity contribution is 0.567. The Kier molecular flexibility index (Phi) is 3.72. The van der Waals surface area contributed by atoms with Gasteiger partial charge in [-0.3, -0.25) is 4.40 Å². The maximum atomic E-state index is 14.4. The van der Waals surface area contributed by atoms with Crippen molar-refractivity contribution in [2.24, 2.45) is 0 Å². The number of aryl methyl sites for hydroxylation is 1. The predicted molar refractivity (Wildman–Crippen MR) is 88.8 cm³/mol. The van der Waals surface area contributed by atoms with E-state index in [-0.39, 0.29) is 5.82 Å². The summed E-state index contributed by atoms with van der Waals surface area (Å²) in [7, 11) is 0. The van der Waals surface area contributed by atoms with Crippen LogP contribution in [0.15, 0.2) is 30.9 Å². The molecule has 0 unspecified atom stereocenters. The first kappa shape index (κ1) is 14.8. The van der Waals surface area contributed by atoms with Gasteiger partial charge >= 0.3 is 0 Å². The lowest BCUT2D eigenvalue weighted by Gasteiger charge is -2.36. The van der Waals surface area contributed by atoms with Crippen molar-refractivity contribution in [2.45, 2.75) is 13.3 Å². The van der Waals surface area contributed by atoms with Crippen LogP contribution < -0.4 is 9.80 Å². The van der Waals surface area contributed by atoms with Crippen LogP contribution in [0.5, 0.6) is 0 Å². The molecular formula is C16H18FN7. The third-order valence-corrected chi connectivity index (χ3v) is 4.39. The van der Waals surface area contributed by atoms with Gasteiger partial charge in [-0.15, -0.1) is 10.2 Å². The second kappa shape index (κ2) is 6.03. The lowest BCUT2D eigenvalue weighted by atomic mass is 10.2. The van der Waals surface area contributed by atoms with Gasteiger partial charge in [-0.05, 0) is 18.6 Å². The fourth-order valence-electron chi connectivity index (χ4n) is 3.10. The lowest BCUT2D eigenvalue weighted by Crippen LogP contribution is -2.47. The summed E-state index contributed by atoms with van der Waals surface area (Å²) < 4.78 is 16.4. The molecule has 124 valence electrons.